The fourth-order valence-corrected chi connectivity index (χ4v) is 1.44. The molecule has 1 heterocycles. The molecule has 0 radical (unpaired) electrons. The number of nitrogens with zero attached hydrogens (tertiary/aromatic N) is 1. The van der Waals surface area contributed by atoms with Gasteiger partial charge >= 0.3 is 0 Å². The summed E-state index contributed by atoms with van der Waals surface area (Å²) in [6.45, 7) is 10.6. The molecule has 0 N–H and O–H groups in total. The lowest BCUT2D eigenvalue weighted by Crippen LogP contribution is -2.42. The van der Waals surface area contributed by atoms with E-state index in [1.54, 1.807) is 0 Å². The van der Waals surface area contributed by atoms with Crippen molar-refractivity contribution >= 4 is 0 Å². The van der Waals surface area contributed by atoms with Gasteiger partial charge in [-0.05, 0) is 27.7 Å². The van der Waals surface area contributed by atoms with Gasteiger partial charge < -0.3 is 4.48 Å². The molecule has 1 aliphatic heterocycles. The predicted octanol–water partition coefficient (Wildman–Crippen LogP) is 1.63. The molecule has 0 spiro atoms. The second kappa shape index (κ2) is 1.51. The second-order valence-electron chi connectivity index (χ2n) is 4.47. The lowest BCUT2D eigenvalue weighted by molar-refractivity contribution is -0.842. The minimum atomic E-state index is 0.458. The number of hydrogen-bond acceptors (Lipinski definition) is 0. The zero-order valence-electron chi connectivity index (χ0n) is 7.23. The highest BCUT2D eigenvalue weighted by atomic mass is 15.5. The quantitative estimate of drug-likeness (QED) is 0.343. The van der Waals surface area contributed by atoms with E-state index in [0.717, 1.165) is 6.04 Å². The van der Waals surface area contributed by atoms with Gasteiger partial charge in [0.1, 0.15) is 12.6 Å². The van der Waals surface area contributed by atoms with Crippen LogP contribution in [0.1, 0.15) is 27.7 Å². The van der Waals surface area contributed by atoms with E-state index < -0.39 is 0 Å². The summed E-state index contributed by atoms with van der Waals surface area (Å²) in [6.07, 6.45) is 0. The third-order valence-electron chi connectivity index (χ3n) is 3.02. The van der Waals surface area contributed by atoms with Crippen LogP contribution in [-0.4, -0.2) is 29.7 Å². The molecular weight excluding hydrogens is 110 g/mol. The normalized spacial score (nSPS) is 43.0. The standard InChI is InChI=1S/C8H18N/c1-7-6-9(7,5)8(2,3)4/h7H,6H2,1-5H3/q+1. The predicted molar refractivity (Wildman–Crippen MR) is 40.3 cm³/mol. The SMILES string of the molecule is CC1C[N+]1(C)C(C)(C)C. The molecule has 54 valence electrons. The van der Waals surface area contributed by atoms with Crippen LogP contribution in [0.2, 0.25) is 0 Å². The van der Waals surface area contributed by atoms with Crippen molar-refractivity contribution < 1.29 is 4.48 Å². The smallest absolute Gasteiger partial charge is 0.136 e. The Morgan fingerprint density at radius 3 is 1.67 bits per heavy atom. The van der Waals surface area contributed by atoms with Crippen molar-refractivity contribution in [2.45, 2.75) is 39.3 Å². The summed E-state index contributed by atoms with van der Waals surface area (Å²) >= 11 is 0. The number of likely N-dealkylation sites (N-methyl/N-ethyl adjacent to an activating group) is 1. The van der Waals surface area contributed by atoms with E-state index in [9.17, 15) is 0 Å². The Morgan fingerprint density at radius 2 is 1.67 bits per heavy atom. The molecule has 9 heavy (non-hydrogen) atoms. The molecular formula is C8H18N+. The van der Waals surface area contributed by atoms with Crippen LogP contribution < -0.4 is 0 Å². The first-order chi connectivity index (χ1) is 3.88. The summed E-state index contributed by atoms with van der Waals surface area (Å²) in [4.78, 5) is 0. The van der Waals surface area contributed by atoms with Crippen molar-refractivity contribution in [1.82, 2.24) is 0 Å². The van der Waals surface area contributed by atoms with Gasteiger partial charge in [0.05, 0.1) is 12.6 Å². The summed E-state index contributed by atoms with van der Waals surface area (Å²) in [5.74, 6) is 0. The Kier molecular flexibility index (Phi) is 1.19. The monoisotopic (exact) mass is 128 g/mol. The van der Waals surface area contributed by atoms with Gasteiger partial charge in [-0.3, -0.25) is 0 Å². The van der Waals surface area contributed by atoms with Crippen molar-refractivity contribution in [3.05, 3.63) is 0 Å². The van der Waals surface area contributed by atoms with Crippen LogP contribution in [0.25, 0.3) is 0 Å². The molecule has 1 fully saturated rings. The summed E-state index contributed by atoms with van der Waals surface area (Å²) in [7, 11) is 2.34. The Morgan fingerprint density at radius 1 is 1.33 bits per heavy atom. The highest BCUT2D eigenvalue weighted by Crippen LogP contribution is 2.37. The van der Waals surface area contributed by atoms with E-state index in [-0.39, 0.29) is 0 Å². The van der Waals surface area contributed by atoms with Crippen molar-refractivity contribution in [2.24, 2.45) is 0 Å². The Labute approximate surface area is 58.3 Å². The molecule has 0 saturated carbocycles. The lowest BCUT2D eigenvalue weighted by Gasteiger charge is -2.29. The summed E-state index contributed by atoms with van der Waals surface area (Å²) in [5, 5.41) is 0. The van der Waals surface area contributed by atoms with Gasteiger partial charge in [0.25, 0.3) is 0 Å². The van der Waals surface area contributed by atoms with Gasteiger partial charge in [-0.25, -0.2) is 0 Å². The molecule has 1 heteroatoms. The minimum absolute atomic E-state index is 0.458. The van der Waals surface area contributed by atoms with Crippen molar-refractivity contribution in [3.8, 4) is 0 Å². The van der Waals surface area contributed by atoms with Gasteiger partial charge in [-0.2, -0.15) is 0 Å². The molecule has 1 nitrogen and oxygen atoms in total. The molecule has 0 bridgehead atoms. The average molecular weight is 128 g/mol. The van der Waals surface area contributed by atoms with Crippen molar-refractivity contribution in [1.29, 1.82) is 0 Å². The minimum Gasteiger partial charge on any atom is -0.310 e. The number of rotatable bonds is 0. The average Bonchev–Trinajstić information content (AvgIpc) is 2.13. The van der Waals surface area contributed by atoms with Gasteiger partial charge in [0.2, 0.25) is 0 Å². The maximum atomic E-state index is 2.34. The van der Waals surface area contributed by atoms with Gasteiger partial charge in [0, 0.05) is 0 Å². The molecule has 2 unspecified atom stereocenters. The molecule has 1 rings (SSSR count). The van der Waals surface area contributed by atoms with Crippen LogP contribution in [-0.2, 0) is 0 Å². The van der Waals surface area contributed by atoms with Crippen LogP contribution in [0.5, 0.6) is 0 Å². The first-order valence-electron chi connectivity index (χ1n) is 3.73. The van der Waals surface area contributed by atoms with Crippen LogP contribution in [0, 0.1) is 0 Å². The molecule has 1 aliphatic rings. The van der Waals surface area contributed by atoms with Crippen LogP contribution in [0.3, 0.4) is 0 Å². The fraction of sp³-hybridized carbons (Fsp3) is 1.00. The first-order valence-corrected chi connectivity index (χ1v) is 3.73. The highest BCUT2D eigenvalue weighted by Gasteiger charge is 2.55. The zero-order valence-corrected chi connectivity index (χ0v) is 7.23. The van der Waals surface area contributed by atoms with Gasteiger partial charge in [-0.1, -0.05) is 0 Å². The fourth-order valence-electron chi connectivity index (χ4n) is 1.44. The molecule has 0 aromatic rings. The van der Waals surface area contributed by atoms with Gasteiger partial charge in [-0.15, -0.1) is 0 Å². The molecule has 1 saturated heterocycles. The van der Waals surface area contributed by atoms with E-state index in [1.165, 1.54) is 11.0 Å². The maximum Gasteiger partial charge on any atom is 0.136 e. The molecule has 2 atom stereocenters. The Hall–Kier alpha value is -0.0400. The molecule has 0 aromatic carbocycles. The summed E-state index contributed by atoms with van der Waals surface area (Å²) < 4.78 is 1.26. The van der Waals surface area contributed by atoms with Crippen molar-refractivity contribution in [3.63, 3.8) is 0 Å². The molecule has 0 aromatic heterocycles. The molecule has 0 aliphatic carbocycles. The summed E-state index contributed by atoms with van der Waals surface area (Å²) in [6, 6.07) is 0.894. The first kappa shape index (κ1) is 7.07. The van der Waals surface area contributed by atoms with Crippen LogP contribution >= 0.6 is 0 Å². The number of quaternary nitrogens is 1. The maximum absolute atomic E-state index is 2.34. The van der Waals surface area contributed by atoms with E-state index in [0.29, 0.717) is 5.54 Å². The van der Waals surface area contributed by atoms with Gasteiger partial charge in [0.15, 0.2) is 0 Å². The molecule has 0 amide bonds. The third kappa shape index (κ3) is 0.877. The van der Waals surface area contributed by atoms with Crippen LogP contribution in [0.4, 0.5) is 0 Å². The summed E-state index contributed by atoms with van der Waals surface area (Å²) in [5.41, 5.74) is 0.458. The topological polar surface area (TPSA) is 0 Å². The van der Waals surface area contributed by atoms with Crippen molar-refractivity contribution in [2.75, 3.05) is 13.6 Å². The third-order valence-corrected chi connectivity index (χ3v) is 3.02. The second-order valence-corrected chi connectivity index (χ2v) is 4.47. The largest absolute Gasteiger partial charge is 0.310 e. The Bertz CT molecular complexity index is 123. The van der Waals surface area contributed by atoms with Crippen LogP contribution in [0.15, 0.2) is 0 Å². The Balaban J connectivity index is 2.64. The van der Waals surface area contributed by atoms with E-state index >= 15 is 0 Å². The van der Waals surface area contributed by atoms with E-state index in [1.807, 2.05) is 0 Å². The van der Waals surface area contributed by atoms with E-state index in [2.05, 4.69) is 34.7 Å². The zero-order chi connectivity index (χ0) is 7.28. The number of hydrogen-bond donors (Lipinski definition) is 0. The lowest BCUT2D eigenvalue weighted by atomic mass is 10.1. The van der Waals surface area contributed by atoms with E-state index in [4.69, 9.17) is 0 Å². The highest BCUT2D eigenvalue weighted by molar-refractivity contribution is 4.76.